The predicted octanol–water partition coefficient (Wildman–Crippen LogP) is 0.707. The van der Waals surface area contributed by atoms with Crippen molar-refractivity contribution >= 4 is 5.97 Å². The van der Waals surface area contributed by atoms with Gasteiger partial charge in [0.15, 0.2) is 0 Å². The van der Waals surface area contributed by atoms with E-state index in [0.29, 0.717) is 26.2 Å². The quantitative estimate of drug-likeness (QED) is 0.416. The first-order chi connectivity index (χ1) is 8.20. The number of unbranched alkanes of at least 4 members (excludes halogenated alkanes) is 2. The van der Waals surface area contributed by atoms with E-state index in [2.05, 4.69) is 5.32 Å². The van der Waals surface area contributed by atoms with Crippen LogP contribution in [-0.4, -0.2) is 50.6 Å². The first-order valence-electron chi connectivity index (χ1n) is 6.24. The van der Waals surface area contributed by atoms with Crippen LogP contribution in [0, 0.1) is 0 Å². The van der Waals surface area contributed by atoms with Crippen molar-refractivity contribution in [1.29, 1.82) is 0 Å². The lowest BCUT2D eigenvalue weighted by Gasteiger charge is -2.10. The molecular formula is C12H25NO4. The zero-order valence-corrected chi connectivity index (χ0v) is 10.9. The molecule has 17 heavy (non-hydrogen) atoms. The van der Waals surface area contributed by atoms with Gasteiger partial charge in [0.1, 0.15) is 0 Å². The summed E-state index contributed by atoms with van der Waals surface area (Å²) in [4.78, 5) is 11.0. The Balaban J connectivity index is 3.16. The molecule has 0 aromatic carbocycles. The summed E-state index contributed by atoms with van der Waals surface area (Å²) in [6, 6.07) is 0. The second kappa shape index (κ2) is 11.8. The second-order valence-corrected chi connectivity index (χ2v) is 3.93. The number of aliphatic hydroxyl groups is 1. The third-order valence-electron chi connectivity index (χ3n) is 2.28. The van der Waals surface area contributed by atoms with Gasteiger partial charge in [0.05, 0.1) is 19.3 Å². The van der Waals surface area contributed by atoms with E-state index in [4.69, 9.17) is 9.47 Å². The maximum Gasteiger partial charge on any atom is 0.305 e. The lowest BCUT2D eigenvalue weighted by Crippen LogP contribution is -2.30. The zero-order valence-electron chi connectivity index (χ0n) is 10.9. The van der Waals surface area contributed by atoms with E-state index in [1.165, 1.54) is 0 Å². The lowest BCUT2D eigenvalue weighted by atomic mass is 10.2. The molecule has 0 aromatic rings. The largest absolute Gasteiger partial charge is 0.466 e. The fourth-order valence-electron chi connectivity index (χ4n) is 1.45. The Hall–Kier alpha value is -0.650. The summed E-state index contributed by atoms with van der Waals surface area (Å²) in [5, 5.41) is 12.5. The van der Waals surface area contributed by atoms with Crippen LogP contribution in [0.1, 0.15) is 32.6 Å². The van der Waals surface area contributed by atoms with E-state index in [1.807, 2.05) is 6.92 Å². The van der Waals surface area contributed by atoms with E-state index in [9.17, 15) is 9.90 Å². The monoisotopic (exact) mass is 247 g/mol. The van der Waals surface area contributed by atoms with Gasteiger partial charge in [-0.3, -0.25) is 4.79 Å². The minimum atomic E-state index is -0.445. The Bertz CT molecular complexity index is 187. The molecule has 0 aliphatic carbocycles. The van der Waals surface area contributed by atoms with Crippen molar-refractivity contribution in [3.05, 3.63) is 0 Å². The Kier molecular flexibility index (Phi) is 11.4. The number of methoxy groups -OCH3 is 1. The molecule has 0 fully saturated rings. The average Bonchev–Trinajstić information content (AvgIpc) is 2.28. The van der Waals surface area contributed by atoms with Crippen molar-refractivity contribution in [1.82, 2.24) is 5.32 Å². The van der Waals surface area contributed by atoms with Crippen LogP contribution in [0.3, 0.4) is 0 Å². The SMILES string of the molecule is CCOC(=O)CCCCCNCC(O)COC. The fourth-order valence-corrected chi connectivity index (χ4v) is 1.45. The molecule has 1 unspecified atom stereocenters. The second-order valence-electron chi connectivity index (χ2n) is 3.93. The number of rotatable bonds is 11. The van der Waals surface area contributed by atoms with Gasteiger partial charge in [-0.1, -0.05) is 6.42 Å². The summed E-state index contributed by atoms with van der Waals surface area (Å²) < 4.78 is 9.63. The van der Waals surface area contributed by atoms with Crippen LogP contribution < -0.4 is 5.32 Å². The van der Waals surface area contributed by atoms with Crippen LogP contribution >= 0.6 is 0 Å². The van der Waals surface area contributed by atoms with Crippen LogP contribution in [-0.2, 0) is 14.3 Å². The van der Waals surface area contributed by atoms with E-state index < -0.39 is 6.10 Å². The minimum absolute atomic E-state index is 0.115. The van der Waals surface area contributed by atoms with Crippen LogP contribution in [0.4, 0.5) is 0 Å². The summed E-state index contributed by atoms with van der Waals surface area (Å²) in [5.74, 6) is -0.115. The predicted molar refractivity (Wildman–Crippen MR) is 65.9 cm³/mol. The highest BCUT2D eigenvalue weighted by Gasteiger charge is 2.02. The molecule has 0 heterocycles. The van der Waals surface area contributed by atoms with E-state index in [0.717, 1.165) is 25.8 Å². The van der Waals surface area contributed by atoms with Crippen molar-refractivity contribution in [3.63, 3.8) is 0 Å². The number of nitrogens with one attached hydrogen (secondary N) is 1. The summed E-state index contributed by atoms with van der Waals surface area (Å²) in [7, 11) is 1.57. The van der Waals surface area contributed by atoms with Crippen molar-refractivity contribution < 1.29 is 19.4 Å². The number of carbonyl (C=O) groups excluding carboxylic acids is 1. The number of hydrogen-bond acceptors (Lipinski definition) is 5. The van der Waals surface area contributed by atoms with Crippen molar-refractivity contribution in [2.24, 2.45) is 0 Å². The third-order valence-corrected chi connectivity index (χ3v) is 2.28. The van der Waals surface area contributed by atoms with Gasteiger partial charge in [-0.2, -0.15) is 0 Å². The molecule has 0 bridgehead atoms. The highest BCUT2D eigenvalue weighted by Crippen LogP contribution is 2.00. The van der Waals surface area contributed by atoms with Gasteiger partial charge in [-0.25, -0.2) is 0 Å². The molecule has 0 radical (unpaired) electrons. The van der Waals surface area contributed by atoms with Crippen LogP contribution in [0.15, 0.2) is 0 Å². The van der Waals surface area contributed by atoms with Gasteiger partial charge in [0.2, 0.25) is 0 Å². The van der Waals surface area contributed by atoms with Crippen molar-refractivity contribution in [2.75, 3.05) is 33.4 Å². The molecular weight excluding hydrogens is 222 g/mol. The molecule has 2 N–H and O–H groups in total. The smallest absolute Gasteiger partial charge is 0.305 e. The average molecular weight is 247 g/mol. The van der Waals surface area contributed by atoms with E-state index >= 15 is 0 Å². The van der Waals surface area contributed by atoms with Crippen LogP contribution in [0.2, 0.25) is 0 Å². The number of ether oxygens (including phenoxy) is 2. The molecule has 1 atom stereocenters. The standard InChI is InChI=1S/C12H25NO4/c1-3-17-12(15)7-5-4-6-8-13-9-11(14)10-16-2/h11,13-14H,3-10H2,1-2H3. The minimum Gasteiger partial charge on any atom is -0.466 e. The molecule has 0 aliphatic heterocycles. The Labute approximate surface area is 103 Å². The molecule has 0 rings (SSSR count). The van der Waals surface area contributed by atoms with Gasteiger partial charge in [0, 0.05) is 20.1 Å². The number of hydrogen-bond donors (Lipinski definition) is 2. The van der Waals surface area contributed by atoms with E-state index in [-0.39, 0.29) is 5.97 Å². The molecule has 5 heteroatoms. The van der Waals surface area contributed by atoms with E-state index in [1.54, 1.807) is 7.11 Å². The van der Waals surface area contributed by atoms with Crippen molar-refractivity contribution in [2.45, 2.75) is 38.7 Å². The first-order valence-corrected chi connectivity index (χ1v) is 6.24. The van der Waals surface area contributed by atoms with Crippen LogP contribution in [0.5, 0.6) is 0 Å². The van der Waals surface area contributed by atoms with Gasteiger partial charge >= 0.3 is 5.97 Å². The number of carbonyl (C=O) groups is 1. The summed E-state index contributed by atoms with van der Waals surface area (Å²) >= 11 is 0. The summed E-state index contributed by atoms with van der Waals surface area (Å²) in [6.07, 6.45) is 2.91. The molecule has 0 spiro atoms. The Morgan fingerprint density at radius 1 is 1.35 bits per heavy atom. The van der Waals surface area contributed by atoms with Gasteiger partial charge in [-0.05, 0) is 26.3 Å². The van der Waals surface area contributed by atoms with Gasteiger partial charge in [-0.15, -0.1) is 0 Å². The number of esters is 1. The molecule has 102 valence electrons. The highest BCUT2D eigenvalue weighted by atomic mass is 16.5. The lowest BCUT2D eigenvalue weighted by molar-refractivity contribution is -0.143. The Morgan fingerprint density at radius 3 is 2.76 bits per heavy atom. The normalized spacial score (nSPS) is 12.4. The third kappa shape index (κ3) is 11.6. The molecule has 0 saturated heterocycles. The number of aliphatic hydroxyl groups excluding tert-OH is 1. The maximum absolute atomic E-state index is 11.0. The van der Waals surface area contributed by atoms with Gasteiger partial charge < -0.3 is 19.9 Å². The fraction of sp³-hybridized carbons (Fsp3) is 0.917. The van der Waals surface area contributed by atoms with Crippen LogP contribution in [0.25, 0.3) is 0 Å². The molecule has 0 saturated carbocycles. The summed E-state index contributed by atoms with van der Waals surface area (Å²) in [6.45, 7) is 4.02. The first kappa shape index (κ1) is 16.4. The molecule has 0 aliphatic rings. The molecule has 0 aromatic heterocycles. The Morgan fingerprint density at radius 2 is 2.12 bits per heavy atom. The highest BCUT2D eigenvalue weighted by molar-refractivity contribution is 5.69. The zero-order chi connectivity index (χ0) is 12.9. The topological polar surface area (TPSA) is 67.8 Å². The van der Waals surface area contributed by atoms with Gasteiger partial charge in [0.25, 0.3) is 0 Å². The maximum atomic E-state index is 11.0. The molecule has 0 amide bonds. The summed E-state index contributed by atoms with van der Waals surface area (Å²) in [5.41, 5.74) is 0. The van der Waals surface area contributed by atoms with Crippen molar-refractivity contribution in [3.8, 4) is 0 Å². The molecule has 5 nitrogen and oxygen atoms in total.